The Balaban J connectivity index is 1.92. The first-order chi connectivity index (χ1) is 7.84. The van der Waals surface area contributed by atoms with Gasteiger partial charge in [-0.1, -0.05) is 58.8 Å². The van der Waals surface area contributed by atoms with Gasteiger partial charge in [0.15, 0.2) is 0 Å². The minimum Gasteiger partial charge on any atom is -0.159 e. The van der Waals surface area contributed by atoms with Crippen molar-refractivity contribution < 1.29 is 0 Å². The van der Waals surface area contributed by atoms with Gasteiger partial charge in [0.1, 0.15) is 0 Å². The molecule has 0 bridgehead atoms. The van der Waals surface area contributed by atoms with Gasteiger partial charge in [-0.3, -0.25) is 0 Å². The van der Waals surface area contributed by atoms with Crippen molar-refractivity contribution in [1.29, 1.82) is 0 Å². The first-order valence-electron chi connectivity index (χ1n) is 6.79. The summed E-state index contributed by atoms with van der Waals surface area (Å²) in [4.78, 5) is 0. The van der Waals surface area contributed by atoms with E-state index in [9.17, 15) is 0 Å². The summed E-state index contributed by atoms with van der Waals surface area (Å²) < 4.78 is 0. The van der Waals surface area contributed by atoms with Crippen LogP contribution in [0.1, 0.15) is 65.2 Å². The average Bonchev–Trinajstić information content (AvgIpc) is 2.81. The predicted octanol–water partition coefficient (Wildman–Crippen LogP) is 4.25. The summed E-state index contributed by atoms with van der Waals surface area (Å²) in [6, 6.07) is 0. The number of rotatable bonds is 9. The van der Waals surface area contributed by atoms with Crippen LogP contribution in [0.25, 0.3) is 0 Å². The third kappa shape index (κ3) is 5.34. The highest BCUT2D eigenvalue weighted by Crippen LogP contribution is 2.15. The Morgan fingerprint density at radius 1 is 1.06 bits per heavy atom. The van der Waals surface area contributed by atoms with Crippen LogP contribution in [0.3, 0.4) is 0 Å². The molecule has 0 aromatic carbocycles. The van der Waals surface area contributed by atoms with Gasteiger partial charge in [0.05, 0.1) is 11.9 Å². The lowest BCUT2D eigenvalue weighted by molar-refractivity contribution is 0.549. The zero-order chi connectivity index (χ0) is 11.6. The topological polar surface area (TPSA) is 26.5 Å². The van der Waals surface area contributed by atoms with Crippen LogP contribution >= 0.6 is 0 Å². The molecule has 0 aromatic rings. The summed E-state index contributed by atoms with van der Waals surface area (Å²) in [5.74, 6) is 0.582. The summed E-state index contributed by atoms with van der Waals surface area (Å²) in [6.45, 7) is 4.52. The summed E-state index contributed by atoms with van der Waals surface area (Å²) in [5.41, 5.74) is 5.03. The maximum Gasteiger partial charge on any atom is 0.0674 e. The van der Waals surface area contributed by atoms with Gasteiger partial charge in [-0.25, -0.2) is 0 Å². The lowest BCUT2D eigenvalue weighted by Gasteiger charge is -2.08. The Morgan fingerprint density at radius 3 is 2.38 bits per heavy atom. The van der Waals surface area contributed by atoms with Crippen molar-refractivity contribution in [3.8, 4) is 0 Å². The number of hydrogen-bond donors (Lipinski definition) is 0. The first-order valence-corrected chi connectivity index (χ1v) is 6.79. The van der Waals surface area contributed by atoms with Gasteiger partial charge >= 0.3 is 0 Å². The normalized spacial score (nSPS) is 16.0. The van der Waals surface area contributed by atoms with Crippen molar-refractivity contribution in [2.75, 3.05) is 0 Å². The van der Waals surface area contributed by atoms with Crippen LogP contribution < -0.4 is 5.43 Å². The van der Waals surface area contributed by atoms with E-state index in [4.69, 9.17) is 0 Å². The maximum atomic E-state index is 4.11. The van der Waals surface area contributed by atoms with E-state index < -0.39 is 0 Å². The molecule has 1 aliphatic rings. The molecule has 16 heavy (non-hydrogen) atoms. The molecule has 1 heterocycles. The number of allylic oxidation sites excluding steroid dienone is 1. The highest BCUT2D eigenvalue weighted by Gasteiger charge is 2.10. The Hall–Kier alpha value is -0.790. The van der Waals surface area contributed by atoms with Crippen molar-refractivity contribution in [2.45, 2.75) is 65.2 Å². The first kappa shape index (κ1) is 13.3. The third-order valence-electron chi connectivity index (χ3n) is 3.23. The molecular formula is C14H25N2. The second kappa shape index (κ2) is 8.37. The molecule has 0 fully saturated rings. The number of hydrogen-bond acceptors (Lipinski definition) is 1. The minimum absolute atomic E-state index is 0.582. The van der Waals surface area contributed by atoms with E-state index in [2.05, 4.69) is 24.4 Å². The summed E-state index contributed by atoms with van der Waals surface area (Å²) in [6.07, 6.45) is 14.8. The largest absolute Gasteiger partial charge is 0.159 e. The highest BCUT2D eigenvalue weighted by atomic mass is 15.3. The molecule has 0 N–H and O–H groups in total. The second-order valence-electron chi connectivity index (χ2n) is 4.77. The van der Waals surface area contributed by atoms with Crippen molar-refractivity contribution in [1.82, 2.24) is 5.43 Å². The van der Waals surface area contributed by atoms with Gasteiger partial charge < -0.3 is 0 Å². The quantitative estimate of drug-likeness (QED) is 0.520. The molecule has 0 aromatic heterocycles. The van der Waals surface area contributed by atoms with Crippen LogP contribution in [-0.4, -0.2) is 5.71 Å². The van der Waals surface area contributed by atoms with E-state index in [0.29, 0.717) is 5.92 Å². The summed E-state index contributed by atoms with van der Waals surface area (Å²) in [5, 5.41) is 4.11. The molecular weight excluding hydrogens is 196 g/mol. The van der Waals surface area contributed by atoms with Gasteiger partial charge in [-0.15, -0.1) is 0 Å². The molecule has 91 valence electrons. The van der Waals surface area contributed by atoms with E-state index in [1.54, 1.807) is 6.20 Å². The zero-order valence-corrected chi connectivity index (χ0v) is 10.8. The van der Waals surface area contributed by atoms with Crippen LogP contribution in [-0.2, 0) is 0 Å². The van der Waals surface area contributed by atoms with Gasteiger partial charge in [-0.05, 0) is 12.5 Å². The van der Waals surface area contributed by atoms with E-state index >= 15 is 0 Å². The van der Waals surface area contributed by atoms with Crippen molar-refractivity contribution in [3.05, 3.63) is 12.3 Å². The van der Waals surface area contributed by atoms with Crippen LogP contribution in [0.4, 0.5) is 0 Å². The maximum absolute atomic E-state index is 4.11. The average molecular weight is 221 g/mol. The molecule has 0 spiro atoms. The highest BCUT2D eigenvalue weighted by molar-refractivity contribution is 5.97. The summed E-state index contributed by atoms with van der Waals surface area (Å²) >= 11 is 0. The second-order valence-corrected chi connectivity index (χ2v) is 4.77. The molecule has 0 saturated carbocycles. The fraction of sp³-hybridized carbons (Fsp3) is 0.786. The third-order valence-corrected chi connectivity index (χ3v) is 3.23. The molecule has 1 atom stereocenters. The van der Waals surface area contributed by atoms with E-state index in [0.717, 1.165) is 5.71 Å². The standard InChI is InChI=1S/C14H25N2/c1-3-4-5-6-7-8-9-10-13(2)14-11-12-15-16-14/h11-13H,3-10H2,1-2H3. The fourth-order valence-corrected chi connectivity index (χ4v) is 2.06. The molecule has 0 saturated heterocycles. The number of nitrogens with zero attached hydrogens (tertiary/aromatic N) is 2. The zero-order valence-electron chi connectivity index (χ0n) is 10.8. The Labute approximate surface area is 100 Å². The van der Waals surface area contributed by atoms with Crippen LogP contribution in [0.15, 0.2) is 17.4 Å². The summed E-state index contributed by atoms with van der Waals surface area (Å²) in [7, 11) is 0. The fourth-order valence-electron chi connectivity index (χ4n) is 2.06. The van der Waals surface area contributed by atoms with E-state index in [-0.39, 0.29) is 0 Å². The minimum atomic E-state index is 0.582. The SMILES string of the molecule is CCCCCCCCCC(C)C1=N[N]C=C1. The van der Waals surface area contributed by atoms with E-state index in [1.807, 2.05) is 6.08 Å². The molecule has 2 nitrogen and oxygen atoms in total. The molecule has 0 amide bonds. The molecule has 1 unspecified atom stereocenters. The van der Waals surface area contributed by atoms with Gasteiger partial charge in [0.2, 0.25) is 0 Å². The van der Waals surface area contributed by atoms with Crippen LogP contribution in [0.2, 0.25) is 0 Å². The predicted molar refractivity (Wildman–Crippen MR) is 70.5 cm³/mol. The van der Waals surface area contributed by atoms with Crippen molar-refractivity contribution in [2.24, 2.45) is 11.0 Å². The Kier molecular flexibility index (Phi) is 6.95. The van der Waals surface area contributed by atoms with E-state index in [1.165, 1.54) is 51.4 Å². The van der Waals surface area contributed by atoms with Gasteiger partial charge in [0.25, 0.3) is 0 Å². The lowest BCUT2D eigenvalue weighted by Crippen LogP contribution is -2.06. The molecule has 0 aliphatic carbocycles. The molecule has 1 rings (SSSR count). The van der Waals surface area contributed by atoms with Crippen molar-refractivity contribution in [3.63, 3.8) is 0 Å². The van der Waals surface area contributed by atoms with Crippen LogP contribution in [0.5, 0.6) is 0 Å². The van der Waals surface area contributed by atoms with Gasteiger partial charge in [-0.2, -0.15) is 10.5 Å². The molecule has 1 aliphatic heterocycles. The van der Waals surface area contributed by atoms with Gasteiger partial charge in [0, 0.05) is 5.92 Å². The monoisotopic (exact) mass is 221 g/mol. The Morgan fingerprint density at radius 2 is 1.75 bits per heavy atom. The smallest absolute Gasteiger partial charge is 0.0674 e. The van der Waals surface area contributed by atoms with Crippen LogP contribution in [0, 0.1) is 5.92 Å². The molecule has 2 heteroatoms. The number of unbranched alkanes of at least 4 members (excludes halogenated alkanes) is 6. The lowest BCUT2D eigenvalue weighted by atomic mass is 9.97. The molecule has 1 radical (unpaired) electrons. The Bertz CT molecular complexity index is 231. The van der Waals surface area contributed by atoms with Crippen molar-refractivity contribution >= 4 is 5.71 Å².